The minimum absolute atomic E-state index is 0.586. The van der Waals surface area contributed by atoms with Crippen molar-refractivity contribution >= 4 is 46.4 Å². The van der Waals surface area contributed by atoms with Crippen molar-refractivity contribution in [2.24, 2.45) is 0 Å². The van der Waals surface area contributed by atoms with Gasteiger partial charge in [0.15, 0.2) is 11.5 Å². The van der Waals surface area contributed by atoms with E-state index in [0.717, 1.165) is 89.4 Å². The third kappa shape index (κ3) is 5.29. The Morgan fingerprint density at radius 3 is 1.00 bits per heavy atom. The van der Waals surface area contributed by atoms with Crippen LogP contribution in [0.3, 0.4) is 0 Å². The minimum atomic E-state index is 0.586. The zero-order chi connectivity index (χ0) is 35.0. The van der Waals surface area contributed by atoms with E-state index < -0.39 is 0 Å². The number of benzene rings is 4. The number of fused-ring (bicyclic) bond motifs is 8. The molecule has 52 heavy (non-hydrogen) atoms. The van der Waals surface area contributed by atoms with Gasteiger partial charge in [-0.15, -0.1) is 0 Å². The van der Waals surface area contributed by atoms with E-state index in [1.807, 2.05) is 48.5 Å². The number of nitrogens with one attached hydrogen (secondary N) is 2. The first-order valence-corrected chi connectivity index (χ1v) is 17.2. The largest absolute Gasteiger partial charge is 0.491 e. The molecule has 0 radical (unpaired) electrons. The Morgan fingerprint density at radius 2 is 0.673 bits per heavy atom. The molecule has 5 heterocycles. The van der Waals surface area contributed by atoms with Crippen LogP contribution in [0.2, 0.25) is 0 Å². The molecule has 6 heteroatoms. The van der Waals surface area contributed by atoms with Crippen LogP contribution >= 0.6 is 0 Å². The van der Waals surface area contributed by atoms with Crippen molar-refractivity contribution in [3.8, 4) is 56.0 Å². The maximum absolute atomic E-state index is 6.22. The highest BCUT2D eigenvalue weighted by molar-refractivity contribution is 6.03. The minimum Gasteiger partial charge on any atom is -0.491 e. The standard InChI is InChI=1S/C46H34N4O2/c1-51-45-43-41(31-19-11-5-12-20-31)37-27-25-35(48-37)39(29-15-7-3-8-16-29)33-23-24-34(47-33)40(30-17-9-4-10-18-30)36-26-28-38(49-36)42(32-21-13-6-14-22-32)44(50-43)46(45)52-2/h3-28,47,50H,1-2H3. The smallest absolute Gasteiger partial charge is 0.187 e. The first kappa shape index (κ1) is 31.1. The van der Waals surface area contributed by atoms with Gasteiger partial charge in [-0.25, -0.2) is 9.97 Å². The number of ether oxygens (including phenoxy) is 2. The fourth-order valence-corrected chi connectivity index (χ4v) is 7.32. The van der Waals surface area contributed by atoms with Crippen molar-refractivity contribution in [2.45, 2.75) is 0 Å². The molecule has 0 saturated carbocycles. The zero-order valence-corrected chi connectivity index (χ0v) is 28.7. The lowest BCUT2D eigenvalue weighted by molar-refractivity contribution is 0.363. The maximum Gasteiger partial charge on any atom is 0.187 e. The van der Waals surface area contributed by atoms with E-state index in [1.54, 1.807) is 14.2 Å². The number of methoxy groups -OCH3 is 2. The van der Waals surface area contributed by atoms with Gasteiger partial charge in [0.25, 0.3) is 0 Å². The first-order chi connectivity index (χ1) is 25.7. The van der Waals surface area contributed by atoms with Crippen molar-refractivity contribution in [1.29, 1.82) is 0 Å². The highest BCUT2D eigenvalue weighted by Gasteiger charge is 2.24. The summed E-state index contributed by atoms with van der Waals surface area (Å²) in [6, 6.07) is 45.7. The lowest BCUT2D eigenvalue weighted by atomic mass is 10.0. The quantitative estimate of drug-likeness (QED) is 0.184. The third-order valence-electron chi connectivity index (χ3n) is 9.60. The summed E-state index contributed by atoms with van der Waals surface area (Å²) >= 11 is 0. The zero-order valence-electron chi connectivity index (χ0n) is 28.7. The molecule has 250 valence electrons. The average molecular weight is 675 g/mol. The summed E-state index contributed by atoms with van der Waals surface area (Å²) < 4.78 is 12.4. The predicted octanol–water partition coefficient (Wildman–Crippen LogP) is 11.3. The van der Waals surface area contributed by atoms with Gasteiger partial charge < -0.3 is 19.4 Å². The maximum atomic E-state index is 6.22. The van der Waals surface area contributed by atoms with Gasteiger partial charge in [-0.2, -0.15) is 0 Å². The summed E-state index contributed by atoms with van der Waals surface area (Å²) in [6.45, 7) is 0. The van der Waals surface area contributed by atoms with Gasteiger partial charge >= 0.3 is 0 Å². The average Bonchev–Trinajstić information content (AvgIpc) is 4.03. The Bertz CT molecular complexity index is 2490. The Hall–Kier alpha value is -6.92. The molecule has 9 rings (SSSR count). The number of hydrogen-bond acceptors (Lipinski definition) is 4. The van der Waals surface area contributed by atoms with E-state index in [2.05, 4.69) is 119 Å². The Labute approximate surface area is 301 Å². The van der Waals surface area contributed by atoms with Crippen molar-refractivity contribution < 1.29 is 9.47 Å². The third-order valence-corrected chi connectivity index (χ3v) is 9.60. The molecule has 7 aromatic rings. The van der Waals surface area contributed by atoms with Crippen LogP contribution in [0, 0.1) is 0 Å². The second-order valence-electron chi connectivity index (χ2n) is 12.6. The molecule has 0 unspecified atom stereocenters. The lowest BCUT2D eigenvalue weighted by Gasteiger charge is -2.07. The molecule has 0 spiro atoms. The molecule has 0 aliphatic carbocycles. The lowest BCUT2D eigenvalue weighted by Crippen LogP contribution is -1.90. The van der Waals surface area contributed by atoms with Crippen LogP contribution in [0.1, 0.15) is 22.8 Å². The number of rotatable bonds is 6. The van der Waals surface area contributed by atoms with E-state index in [1.165, 1.54) is 0 Å². The summed E-state index contributed by atoms with van der Waals surface area (Å²) in [5.74, 6) is 1.17. The molecule has 4 aromatic carbocycles. The normalized spacial score (nSPS) is 11.9. The fourth-order valence-electron chi connectivity index (χ4n) is 7.32. The second kappa shape index (κ2) is 13.1. The van der Waals surface area contributed by atoms with Crippen LogP contribution in [0.5, 0.6) is 11.5 Å². The molecule has 0 fully saturated rings. The molecule has 0 saturated heterocycles. The molecule has 2 aliphatic heterocycles. The predicted molar refractivity (Wildman–Crippen MR) is 214 cm³/mol. The summed E-state index contributed by atoms with van der Waals surface area (Å²) in [7, 11) is 3.36. The van der Waals surface area contributed by atoms with Crippen LogP contribution < -0.4 is 9.47 Å². The summed E-state index contributed by atoms with van der Waals surface area (Å²) in [5.41, 5.74) is 14.6. The van der Waals surface area contributed by atoms with Crippen molar-refractivity contribution in [3.63, 3.8) is 0 Å². The molecule has 6 nitrogen and oxygen atoms in total. The van der Waals surface area contributed by atoms with Gasteiger partial charge in [-0.3, -0.25) is 0 Å². The molecule has 0 amide bonds. The SMILES string of the molecule is COc1c(OC)c2[nH]c1c(-c1ccccc1)c1nc(c(-c3ccccc3)c3ccc([nH]3)c(-c3ccccc3)c3nc(c2-c2ccccc2)C=C3)C=C1. The van der Waals surface area contributed by atoms with Gasteiger partial charge in [-0.1, -0.05) is 121 Å². The summed E-state index contributed by atoms with van der Waals surface area (Å²) in [4.78, 5) is 18.4. The molecule has 8 bridgehead atoms. The van der Waals surface area contributed by atoms with Gasteiger partial charge in [-0.05, 0) is 58.7 Å². The van der Waals surface area contributed by atoms with Crippen LogP contribution in [-0.4, -0.2) is 34.2 Å². The monoisotopic (exact) mass is 674 g/mol. The highest BCUT2D eigenvalue weighted by atomic mass is 16.5. The van der Waals surface area contributed by atoms with E-state index in [4.69, 9.17) is 19.4 Å². The van der Waals surface area contributed by atoms with E-state index >= 15 is 0 Å². The Kier molecular flexibility index (Phi) is 7.82. The van der Waals surface area contributed by atoms with Gasteiger partial charge in [0, 0.05) is 33.3 Å². The van der Waals surface area contributed by atoms with Crippen LogP contribution in [-0.2, 0) is 0 Å². The van der Waals surface area contributed by atoms with Gasteiger partial charge in [0.2, 0.25) is 0 Å². The number of aromatic amines is 2. The first-order valence-electron chi connectivity index (χ1n) is 17.2. The van der Waals surface area contributed by atoms with Crippen molar-refractivity contribution in [2.75, 3.05) is 14.2 Å². The van der Waals surface area contributed by atoms with Gasteiger partial charge in [0.05, 0.1) is 48.0 Å². The molecule has 2 aliphatic rings. The Balaban J connectivity index is 1.55. The molecule has 0 atom stereocenters. The van der Waals surface area contributed by atoms with E-state index in [9.17, 15) is 0 Å². The van der Waals surface area contributed by atoms with E-state index in [0.29, 0.717) is 11.5 Å². The number of hydrogen-bond donors (Lipinski definition) is 2. The topological polar surface area (TPSA) is 75.8 Å². The van der Waals surface area contributed by atoms with Crippen LogP contribution in [0.4, 0.5) is 0 Å². The summed E-state index contributed by atoms with van der Waals surface area (Å²) in [5, 5.41) is 0. The fraction of sp³-hybridized carbons (Fsp3) is 0.0435. The van der Waals surface area contributed by atoms with Gasteiger partial charge in [0.1, 0.15) is 0 Å². The molecule has 2 N–H and O–H groups in total. The number of H-pyrrole nitrogens is 2. The molecule has 3 aromatic heterocycles. The number of nitrogens with zero attached hydrogens (tertiary/aromatic N) is 2. The molecular formula is C46H34N4O2. The highest BCUT2D eigenvalue weighted by Crippen LogP contribution is 2.46. The summed E-state index contributed by atoms with van der Waals surface area (Å²) in [6.07, 6.45) is 8.37. The van der Waals surface area contributed by atoms with Crippen molar-refractivity contribution in [1.82, 2.24) is 19.9 Å². The second-order valence-corrected chi connectivity index (χ2v) is 12.6. The van der Waals surface area contributed by atoms with Crippen LogP contribution in [0.25, 0.3) is 90.9 Å². The van der Waals surface area contributed by atoms with E-state index in [-0.39, 0.29) is 0 Å². The number of aromatic nitrogens is 4. The molecular weight excluding hydrogens is 641 g/mol. The Morgan fingerprint density at radius 1 is 0.365 bits per heavy atom. The van der Waals surface area contributed by atoms with Crippen LogP contribution in [0.15, 0.2) is 133 Å². The van der Waals surface area contributed by atoms with Crippen molar-refractivity contribution in [3.05, 3.63) is 156 Å².